The van der Waals surface area contributed by atoms with Crippen LogP contribution in [0.2, 0.25) is 0 Å². The van der Waals surface area contributed by atoms with Crippen molar-refractivity contribution >= 4 is 11.7 Å². The Kier molecular flexibility index (Phi) is 6.10. The van der Waals surface area contributed by atoms with Gasteiger partial charge < -0.3 is 20.3 Å². The predicted molar refractivity (Wildman–Crippen MR) is 86.2 cm³/mol. The molecular formula is C16H22N4O3. The van der Waals surface area contributed by atoms with E-state index in [4.69, 9.17) is 4.52 Å². The van der Waals surface area contributed by atoms with Crippen LogP contribution in [-0.4, -0.2) is 34.4 Å². The van der Waals surface area contributed by atoms with Gasteiger partial charge in [-0.2, -0.15) is 0 Å². The lowest BCUT2D eigenvalue weighted by atomic mass is 10.0. The van der Waals surface area contributed by atoms with Gasteiger partial charge in [0, 0.05) is 37.4 Å². The summed E-state index contributed by atoms with van der Waals surface area (Å²) in [5, 5.41) is 18.8. The summed E-state index contributed by atoms with van der Waals surface area (Å²) in [7, 11) is 0. The minimum atomic E-state index is -0.342. The molecule has 2 aromatic heterocycles. The van der Waals surface area contributed by atoms with E-state index in [0.717, 1.165) is 5.69 Å². The van der Waals surface area contributed by atoms with E-state index in [9.17, 15) is 9.90 Å². The first-order chi connectivity index (χ1) is 11.1. The Morgan fingerprint density at radius 1 is 1.43 bits per heavy atom. The van der Waals surface area contributed by atoms with Crippen LogP contribution < -0.4 is 10.6 Å². The molecule has 0 aromatic carbocycles. The van der Waals surface area contributed by atoms with Crippen LogP contribution in [0, 0.1) is 12.8 Å². The van der Waals surface area contributed by atoms with Crippen LogP contribution in [0.3, 0.4) is 0 Å². The number of nitrogens with zero attached hydrogens (tertiary/aromatic N) is 2. The zero-order valence-corrected chi connectivity index (χ0v) is 13.4. The van der Waals surface area contributed by atoms with Crippen LogP contribution in [0.25, 0.3) is 0 Å². The van der Waals surface area contributed by atoms with E-state index in [1.165, 1.54) is 0 Å². The number of aromatic nitrogens is 2. The second-order valence-electron chi connectivity index (χ2n) is 5.33. The first-order valence-electron chi connectivity index (χ1n) is 7.64. The maximum absolute atomic E-state index is 12.0. The highest BCUT2D eigenvalue weighted by Crippen LogP contribution is 2.20. The SMILES string of the molecule is CCc1onc(C)c1NC(=O)NCC(CO)Cc1ccccn1. The Hall–Kier alpha value is -2.41. The quantitative estimate of drug-likeness (QED) is 0.724. The highest BCUT2D eigenvalue weighted by molar-refractivity contribution is 5.90. The zero-order valence-electron chi connectivity index (χ0n) is 13.4. The number of amides is 2. The molecule has 0 spiro atoms. The summed E-state index contributed by atoms with van der Waals surface area (Å²) in [4.78, 5) is 16.2. The molecule has 7 nitrogen and oxygen atoms in total. The van der Waals surface area contributed by atoms with Crippen LogP contribution in [0.15, 0.2) is 28.9 Å². The molecule has 0 fully saturated rings. The summed E-state index contributed by atoms with van der Waals surface area (Å²) in [6.07, 6.45) is 2.96. The summed E-state index contributed by atoms with van der Waals surface area (Å²) in [5.74, 6) is 0.551. The lowest BCUT2D eigenvalue weighted by Gasteiger charge is -2.15. The number of aryl methyl sites for hydroxylation is 2. The molecule has 2 rings (SSSR count). The fourth-order valence-corrected chi connectivity index (χ4v) is 2.23. The zero-order chi connectivity index (χ0) is 16.7. The molecule has 2 heterocycles. The van der Waals surface area contributed by atoms with E-state index in [1.807, 2.05) is 25.1 Å². The highest BCUT2D eigenvalue weighted by Gasteiger charge is 2.15. The number of rotatable bonds is 7. The molecule has 7 heteroatoms. The van der Waals surface area contributed by atoms with Crippen molar-refractivity contribution < 1.29 is 14.4 Å². The molecule has 2 aromatic rings. The lowest BCUT2D eigenvalue weighted by molar-refractivity contribution is 0.217. The van der Waals surface area contributed by atoms with Gasteiger partial charge in [-0.3, -0.25) is 4.98 Å². The van der Waals surface area contributed by atoms with Gasteiger partial charge in [0.25, 0.3) is 0 Å². The Bertz CT molecular complexity index is 628. The van der Waals surface area contributed by atoms with Gasteiger partial charge in [-0.1, -0.05) is 18.1 Å². The molecule has 1 unspecified atom stereocenters. The van der Waals surface area contributed by atoms with Crippen LogP contribution in [0.5, 0.6) is 0 Å². The van der Waals surface area contributed by atoms with Crippen LogP contribution in [0.4, 0.5) is 10.5 Å². The van der Waals surface area contributed by atoms with Gasteiger partial charge in [0.05, 0.1) is 0 Å². The molecule has 1 atom stereocenters. The van der Waals surface area contributed by atoms with E-state index >= 15 is 0 Å². The van der Waals surface area contributed by atoms with E-state index in [2.05, 4.69) is 20.8 Å². The van der Waals surface area contributed by atoms with Crippen molar-refractivity contribution in [2.45, 2.75) is 26.7 Å². The highest BCUT2D eigenvalue weighted by atomic mass is 16.5. The number of hydrogen-bond donors (Lipinski definition) is 3. The van der Waals surface area contributed by atoms with E-state index in [0.29, 0.717) is 36.5 Å². The Labute approximate surface area is 135 Å². The number of carbonyl (C=O) groups is 1. The van der Waals surface area contributed by atoms with Gasteiger partial charge >= 0.3 is 6.03 Å². The molecule has 23 heavy (non-hydrogen) atoms. The second kappa shape index (κ2) is 8.28. The summed E-state index contributed by atoms with van der Waals surface area (Å²) >= 11 is 0. The average molecular weight is 318 g/mol. The smallest absolute Gasteiger partial charge is 0.319 e. The monoisotopic (exact) mass is 318 g/mol. The molecule has 3 N–H and O–H groups in total. The molecule has 2 amide bonds. The first-order valence-corrected chi connectivity index (χ1v) is 7.64. The molecule has 0 saturated carbocycles. The molecule has 0 aliphatic carbocycles. The number of urea groups is 1. The van der Waals surface area contributed by atoms with Crippen molar-refractivity contribution in [3.63, 3.8) is 0 Å². The van der Waals surface area contributed by atoms with Crippen LogP contribution in [-0.2, 0) is 12.8 Å². The number of aliphatic hydroxyl groups excluding tert-OH is 1. The van der Waals surface area contributed by atoms with Crippen molar-refractivity contribution in [1.29, 1.82) is 0 Å². The summed E-state index contributed by atoms with van der Waals surface area (Å²) in [6, 6.07) is 5.30. The fourth-order valence-electron chi connectivity index (χ4n) is 2.23. The molecule has 124 valence electrons. The third kappa shape index (κ3) is 4.79. The van der Waals surface area contributed by atoms with Crippen LogP contribution in [0.1, 0.15) is 24.1 Å². The predicted octanol–water partition coefficient (Wildman–Crippen LogP) is 1.91. The lowest BCUT2D eigenvalue weighted by Crippen LogP contribution is -2.35. The van der Waals surface area contributed by atoms with Gasteiger partial charge in [0.15, 0.2) is 5.76 Å². The standard InChI is InChI=1S/C16H22N4O3/c1-3-14-15(11(2)20-23-14)19-16(22)18-9-12(10-21)8-13-6-4-5-7-17-13/h4-7,12,21H,3,8-10H2,1-2H3,(H2,18,19,22). The molecule has 0 radical (unpaired) electrons. The van der Waals surface area contributed by atoms with Gasteiger partial charge in [0.2, 0.25) is 0 Å². The summed E-state index contributed by atoms with van der Waals surface area (Å²) in [6.45, 7) is 4.03. The second-order valence-corrected chi connectivity index (χ2v) is 5.33. The molecular weight excluding hydrogens is 296 g/mol. The van der Waals surface area contributed by atoms with Gasteiger partial charge in [0.1, 0.15) is 11.4 Å². The van der Waals surface area contributed by atoms with Crippen LogP contribution >= 0.6 is 0 Å². The van der Waals surface area contributed by atoms with Crippen molar-refractivity contribution in [1.82, 2.24) is 15.5 Å². The van der Waals surface area contributed by atoms with E-state index in [1.54, 1.807) is 13.1 Å². The average Bonchev–Trinajstić information content (AvgIpc) is 2.92. The number of anilines is 1. The van der Waals surface area contributed by atoms with Gasteiger partial charge in [-0.15, -0.1) is 0 Å². The fraction of sp³-hybridized carbons (Fsp3) is 0.438. The topological polar surface area (TPSA) is 100 Å². The third-order valence-corrected chi connectivity index (χ3v) is 3.53. The van der Waals surface area contributed by atoms with Gasteiger partial charge in [-0.05, 0) is 25.5 Å². The number of pyridine rings is 1. The third-order valence-electron chi connectivity index (χ3n) is 3.53. The number of aliphatic hydroxyl groups is 1. The first kappa shape index (κ1) is 17.0. The maximum atomic E-state index is 12.0. The summed E-state index contributed by atoms with van der Waals surface area (Å²) in [5.41, 5.74) is 2.14. The Morgan fingerprint density at radius 3 is 2.91 bits per heavy atom. The summed E-state index contributed by atoms with van der Waals surface area (Å²) < 4.78 is 5.13. The minimum absolute atomic E-state index is 0.0244. The maximum Gasteiger partial charge on any atom is 0.319 e. The number of carbonyl (C=O) groups excluding carboxylic acids is 1. The molecule has 0 aliphatic heterocycles. The molecule has 0 bridgehead atoms. The Morgan fingerprint density at radius 2 is 2.26 bits per heavy atom. The van der Waals surface area contributed by atoms with Crippen molar-refractivity contribution in [3.05, 3.63) is 41.5 Å². The van der Waals surface area contributed by atoms with Crippen molar-refractivity contribution in [3.8, 4) is 0 Å². The van der Waals surface area contributed by atoms with Crippen molar-refractivity contribution in [2.24, 2.45) is 5.92 Å². The molecule has 0 saturated heterocycles. The Balaban J connectivity index is 1.86. The van der Waals surface area contributed by atoms with Gasteiger partial charge in [-0.25, -0.2) is 4.79 Å². The van der Waals surface area contributed by atoms with Crippen molar-refractivity contribution in [2.75, 3.05) is 18.5 Å². The normalized spacial score (nSPS) is 12.0. The largest absolute Gasteiger partial charge is 0.396 e. The van der Waals surface area contributed by atoms with E-state index in [-0.39, 0.29) is 18.6 Å². The van der Waals surface area contributed by atoms with E-state index < -0.39 is 0 Å². The number of nitrogens with one attached hydrogen (secondary N) is 2. The number of hydrogen-bond acceptors (Lipinski definition) is 5. The molecule has 0 aliphatic rings. The minimum Gasteiger partial charge on any atom is -0.396 e.